The van der Waals surface area contributed by atoms with Crippen molar-refractivity contribution in [3.05, 3.63) is 57.8 Å². The number of nitrogens with zero attached hydrogens (tertiary/aromatic N) is 2. The number of alkyl halides is 2. The van der Waals surface area contributed by atoms with Crippen LogP contribution in [0.2, 0.25) is 5.02 Å². The Kier molecular flexibility index (Phi) is 7.74. The number of aromatic nitrogens is 2. The number of amides is 1. The summed E-state index contributed by atoms with van der Waals surface area (Å²) in [6, 6.07) is 11.3. The van der Waals surface area contributed by atoms with Gasteiger partial charge in [-0.15, -0.1) is 0 Å². The highest BCUT2D eigenvalue weighted by molar-refractivity contribution is 8.00. The Bertz CT molecular complexity index is 1120. The molecule has 0 saturated carbocycles. The summed E-state index contributed by atoms with van der Waals surface area (Å²) in [6.45, 7) is 2.40. The summed E-state index contributed by atoms with van der Waals surface area (Å²) in [4.78, 5) is 30.1. The first-order valence-electron chi connectivity index (χ1n) is 9.05. The smallest absolute Gasteiger partial charge is 0.288 e. The van der Waals surface area contributed by atoms with Gasteiger partial charge in [-0.2, -0.15) is 8.78 Å². The average Bonchev–Trinajstić information content (AvgIpc) is 2.70. The SMILES string of the molecule is CCCn1c(SCC(=O)Nc2ccccc2SC(F)F)nc2cc(Cl)ccc2c1=O. The van der Waals surface area contributed by atoms with Gasteiger partial charge >= 0.3 is 0 Å². The van der Waals surface area contributed by atoms with Gasteiger partial charge in [0.25, 0.3) is 11.3 Å². The zero-order chi connectivity index (χ0) is 21.7. The molecule has 0 aliphatic carbocycles. The standard InChI is InChI=1S/C20H18ClF2N3O2S2/c1-2-9-26-18(28)13-8-7-12(21)10-15(13)25-20(26)29-11-17(27)24-14-5-3-4-6-16(14)30-19(22)23/h3-8,10,19H,2,9,11H2,1H3,(H,24,27). The minimum absolute atomic E-state index is 0.0318. The van der Waals surface area contributed by atoms with Crippen LogP contribution in [0.3, 0.4) is 0 Å². The molecule has 1 amide bonds. The Hall–Kier alpha value is -2.10. The maximum atomic E-state index is 12.8. The highest BCUT2D eigenvalue weighted by atomic mass is 35.5. The topological polar surface area (TPSA) is 64.0 Å². The molecule has 0 unspecified atom stereocenters. The Morgan fingerprint density at radius 1 is 1.27 bits per heavy atom. The van der Waals surface area contributed by atoms with E-state index >= 15 is 0 Å². The molecule has 3 rings (SSSR count). The molecule has 10 heteroatoms. The second-order valence-electron chi connectivity index (χ2n) is 6.22. The molecular weight excluding hydrogens is 452 g/mol. The van der Waals surface area contributed by atoms with Crippen molar-refractivity contribution in [3.63, 3.8) is 0 Å². The van der Waals surface area contributed by atoms with Gasteiger partial charge in [-0.25, -0.2) is 4.98 Å². The van der Waals surface area contributed by atoms with Gasteiger partial charge in [-0.05, 0) is 36.8 Å². The Morgan fingerprint density at radius 2 is 2.03 bits per heavy atom. The highest BCUT2D eigenvalue weighted by Crippen LogP contribution is 2.31. The number of thioether (sulfide) groups is 2. The average molecular weight is 470 g/mol. The van der Waals surface area contributed by atoms with E-state index in [1.807, 2.05) is 6.92 Å². The van der Waals surface area contributed by atoms with Crippen molar-refractivity contribution in [1.29, 1.82) is 0 Å². The Morgan fingerprint density at radius 3 is 2.77 bits per heavy atom. The minimum Gasteiger partial charge on any atom is -0.324 e. The van der Waals surface area contributed by atoms with Gasteiger partial charge in [-0.3, -0.25) is 14.2 Å². The number of carbonyl (C=O) groups excluding carboxylic acids is 1. The first-order valence-corrected chi connectivity index (χ1v) is 11.3. The van der Waals surface area contributed by atoms with Gasteiger partial charge < -0.3 is 5.32 Å². The molecule has 0 aliphatic rings. The predicted molar refractivity (Wildman–Crippen MR) is 119 cm³/mol. The molecule has 1 N–H and O–H groups in total. The summed E-state index contributed by atoms with van der Waals surface area (Å²) in [5.74, 6) is -3.00. The summed E-state index contributed by atoms with van der Waals surface area (Å²) in [7, 11) is 0. The molecule has 1 heterocycles. The lowest BCUT2D eigenvalue weighted by molar-refractivity contribution is -0.113. The van der Waals surface area contributed by atoms with E-state index in [0.29, 0.717) is 45.1 Å². The third-order valence-electron chi connectivity index (χ3n) is 4.04. The Labute approximate surface area is 185 Å². The fourth-order valence-electron chi connectivity index (χ4n) is 2.79. The molecule has 0 radical (unpaired) electrons. The maximum absolute atomic E-state index is 12.8. The fraction of sp³-hybridized carbons (Fsp3) is 0.250. The predicted octanol–water partition coefficient (Wildman–Crippen LogP) is 5.51. The number of benzene rings is 2. The van der Waals surface area contributed by atoms with Gasteiger partial charge in [0.05, 0.1) is 22.3 Å². The number of para-hydroxylation sites is 1. The molecule has 0 bridgehead atoms. The van der Waals surface area contributed by atoms with Crippen molar-refractivity contribution in [2.75, 3.05) is 11.1 Å². The van der Waals surface area contributed by atoms with Gasteiger partial charge in [0.15, 0.2) is 5.16 Å². The molecule has 1 aromatic heterocycles. The zero-order valence-corrected chi connectivity index (χ0v) is 18.3. The molecule has 158 valence electrons. The first kappa shape index (κ1) is 22.6. The number of nitrogens with one attached hydrogen (secondary N) is 1. The molecule has 2 aromatic carbocycles. The molecule has 0 fully saturated rings. The van der Waals surface area contributed by atoms with E-state index in [4.69, 9.17) is 11.6 Å². The van der Waals surface area contributed by atoms with Crippen LogP contribution in [0.15, 0.2) is 57.3 Å². The van der Waals surface area contributed by atoms with E-state index in [0.717, 1.165) is 18.2 Å². The summed E-state index contributed by atoms with van der Waals surface area (Å²) in [5, 5.41) is 3.97. The lowest BCUT2D eigenvalue weighted by Crippen LogP contribution is -2.24. The van der Waals surface area contributed by atoms with Crippen molar-refractivity contribution >= 4 is 57.6 Å². The first-order chi connectivity index (χ1) is 14.4. The fourth-order valence-corrected chi connectivity index (χ4v) is 4.38. The summed E-state index contributed by atoms with van der Waals surface area (Å²) >= 11 is 7.50. The van der Waals surface area contributed by atoms with Crippen LogP contribution in [0.4, 0.5) is 14.5 Å². The monoisotopic (exact) mass is 469 g/mol. The quantitative estimate of drug-likeness (QED) is 0.348. The van der Waals surface area contributed by atoms with Crippen molar-refractivity contribution in [2.24, 2.45) is 0 Å². The van der Waals surface area contributed by atoms with Crippen LogP contribution in [0.25, 0.3) is 10.9 Å². The molecule has 0 atom stereocenters. The van der Waals surface area contributed by atoms with E-state index in [-0.39, 0.29) is 22.1 Å². The lowest BCUT2D eigenvalue weighted by Gasteiger charge is -2.13. The largest absolute Gasteiger partial charge is 0.324 e. The third kappa shape index (κ3) is 5.53. The summed E-state index contributed by atoms with van der Waals surface area (Å²) < 4.78 is 27.0. The minimum atomic E-state index is -2.59. The number of rotatable bonds is 8. The number of anilines is 1. The molecule has 30 heavy (non-hydrogen) atoms. The number of halogens is 3. The molecule has 0 saturated heterocycles. The molecule has 0 aliphatic heterocycles. The van der Waals surface area contributed by atoms with Crippen LogP contribution in [0.5, 0.6) is 0 Å². The van der Waals surface area contributed by atoms with Gasteiger partial charge in [-0.1, -0.05) is 54.2 Å². The highest BCUT2D eigenvalue weighted by Gasteiger charge is 2.15. The summed E-state index contributed by atoms with van der Waals surface area (Å²) in [5.41, 5.74) is 0.583. The maximum Gasteiger partial charge on any atom is 0.288 e. The molecule has 3 aromatic rings. The molecular formula is C20H18ClF2N3O2S2. The van der Waals surface area contributed by atoms with E-state index in [2.05, 4.69) is 10.3 Å². The second-order valence-corrected chi connectivity index (χ2v) is 8.63. The number of hydrogen-bond donors (Lipinski definition) is 1. The van der Waals surface area contributed by atoms with Crippen LogP contribution >= 0.6 is 35.1 Å². The normalized spacial score (nSPS) is 11.2. The van der Waals surface area contributed by atoms with Gasteiger partial charge in [0, 0.05) is 16.5 Å². The van der Waals surface area contributed by atoms with Crippen LogP contribution in [0.1, 0.15) is 13.3 Å². The van der Waals surface area contributed by atoms with Crippen LogP contribution in [0, 0.1) is 0 Å². The number of fused-ring (bicyclic) bond motifs is 1. The van der Waals surface area contributed by atoms with Crippen molar-refractivity contribution < 1.29 is 13.6 Å². The van der Waals surface area contributed by atoms with E-state index in [1.54, 1.807) is 36.4 Å². The van der Waals surface area contributed by atoms with E-state index < -0.39 is 5.76 Å². The lowest BCUT2D eigenvalue weighted by atomic mass is 10.2. The van der Waals surface area contributed by atoms with Crippen LogP contribution in [-0.2, 0) is 11.3 Å². The van der Waals surface area contributed by atoms with Crippen molar-refractivity contribution in [1.82, 2.24) is 9.55 Å². The van der Waals surface area contributed by atoms with Crippen LogP contribution in [-0.4, -0.2) is 27.0 Å². The zero-order valence-electron chi connectivity index (χ0n) is 15.9. The molecule has 5 nitrogen and oxygen atoms in total. The third-order valence-corrected chi connectivity index (χ3v) is 6.04. The molecule has 0 spiro atoms. The summed E-state index contributed by atoms with van der Waals surface area (Å²) in [6.07, 6.45) is 0.721. The Balaban J connectivity index is 1.80. The van der Waals surface area contributed by atoms with E-state index in [1.165, 1.54) is 10.6 Å². The van der Waals surface area contributed by atoms with E-state index in [9.17, 15) is 18.4 Å². The number of hydrogen-bond acceptors (Lipinski definition) is 5. The number of carbonyl (C=O) groups is 1. The van der Waals surface area contributed by atoms with Crippen molar-refractivity contribution in [2.45, 2.75) is 35.7 Å². The van der Waals surface area contributed by atoms with Crippen LogP contribution < -0.4 is 10.9 Å². The van der Waals surface area contributed by atoms with Gasteiger partial charge in [0.2, 0.25) is 5.91 Å². The van der Waals surface area contributed by atoms with Gasteiger partial charge in [0.1, 0.15) is 0 Å². The van der Waals surface area contributed by atoms with Crippen molar-refractivity contribution in [3.8, 4) is 0 Å². The second kappa shape index (κ2) is 10.3.